The van der Waals surface area contributed by atoms with E-state index in [1.807, 2.05) is 49.0 Å². The Balaban J connectivity index is 1.83. The van der Waals surface area contributed by atoms with Gasteiger partial charge in [0.2, 0.25) is 0 Å². The molecule has 0 N–H and O–H groups in total. The van der Waals surface area contributed by atoms with Crippen LogP contribution in [0, 0.1) is 0 Å². The van der Waals surface area contributed by atoms with Crippen LogP contribution in [0.2, 0.25) is 0 Å². The van der Waals surface area contributed by atoms with Crippen molar-refractivity contribution in [3.8, 4) is 0 Å². The van der Waals surface area contributed by atoms with E-state index in [2.05, 4.69) is 24.3 Å². The van der Waals surface area contributed by atoms with Crippen LogP contribution in [0.1, 0.15) is 22.8 Å². The lowest BCUT2D eigenvalue weighted by atomic mass is 10.1. The van der Waals surface area contributed by atoms with Crippen LogP contribution in [0.4, 0.5) is 0 Å². The van der Waals surface area contributed by atoms with Crippen LogP contribution in [-0.2, 0) is 11.2 Å². The lowest BCUT2D eigenvalue weighted by Gasteiger charge is -2.04. The van der Waals surface area contributed by atoms with Crippen LogP contribution in [0.3, 0.4) is 0 Å². The molecule has 0 unspecified atom stereocenters. The molecule has 2 nitrogen and oxygen atoms in total. The normalized spacial score (nSPS) is 10.2. The Morgan fingerprint density at radius 1 is 1.05 bits per heavy atom. The predicted molar refractivity (Wildman–Crippen MR) is 83.3 cm³/mol. The highest BCUT2D eigenvalue weighted by atomic mass is 32.2. The quantitative estimate of drug-likeness (QED) is 0.588. The molecule has 2 rings (SSSR count). The largest absolute Gasteiger partial charge is 0.462 e. The monoisotopic (exact) mass is 286 g/mol. The van der Waals surface area contributed by atoms with Gasteiger partial charge in [-0.3, -0.25) is 0 Å². The zero-order valence-corrected chi connectivity index (χ0v) is 12.4. The maximum Gasteiger partial charge on any atom is 0.338 e. The van der Waals surface area contributed by atoms with Crippen molar-refractivity contribution in [2.75, 3.05) is 12.4 Å². The van der Waals surface area contributed by atoms with Gasteiger partial charge in [0.25, 0.3) is 0 Å². The van der Waals surface area contributed by atoms with Crippen LogP contribution in [-0.4, -0.2) is 18.3 Å². The maximum atomic E-state index is 11.5. The Morgan fingerprint density at radius 3 is 2.40 bits per heavy atom. The number of carbonyl (C=O) groups is 1. The van der Waals surface area contributed by atoms with Crippen LogP contribution in [0.15, 0.2) is 59.5 Å². The molecule has 0 fully saturated rings. The second kappa shape index (κ2) is 7.75. The fourth-order valence-corrected chi connectivity index (χ4v) is 2.75. The number of hydrogen-bond acceptors (Lipinski definition) is 3. The SMILES string of the molecule is CCOC(=O)c1ccc(CCSc2ccccc2)cc1. The molecule has 104 valence electrons. The summed E-state index contributed by atoms with van der Waals surface area (Å²) in [6.45, 7) is 2.22. The number of aryl methyl sites for hydroxylation is 1. The van der Waals surface area contributed by atoms with E-state index in [0.29, 0.717) is 12.2 Å². The van der Waals surface area contributed by atoms with Gasteiger partial charge in [0.15, 0.2) is 0 Å². The van der Waals surface area contributed by atoms with Gasteiger partial charge in [-0.15, -0.1) is 11.8 Å². The van der Waals surface area contributed by atoms with E-state index >= 15 is 0 Å². The van der Waals surface area contributed by atoms with Crippen molar-refractivity contribution in [2.24, 2.45) is 0 Å². The molecule has 0 saturated heterocycles. The van der Waals surface area contributed by atoms with Gasteiger partial charge >= 0.3 is 5.97 Å². The molecule has 2 aromatic carbocycles. The van der Waals surface area contributed by atoms with E-state index in [0.717, 1.165) is 12.2 Å². The van der Waals surface area contributed by atoms with Crippen molar-refractivity contribution in [3.05, 3.63) is 65.7 Å². The fraction of sp³-hybridized carbons (Fsp3) is 0.235. The molecule has 0 amide bonds. The van der Waals surface area contributed by atoms with Crippen molar-refractivity contribution < 1.29 is 9.53 Å². The number of esters is 1. The molecule has 3 heteroatoms. The number of ether oxygens (including phenoxy) is 1. The highest BCUT2D eigenvalue weighted by molar-refractivity contribution is 7.99. The third-order valence-corrected chi connectivity index (χ3v) is 3.88. The van der Waals surface area contributed by atoms with E-state index in [1.165, 1.54) is 10.5 Å². The van der Waals surface area contributed by atoms with E-state index in [-0.39, 0.29) is 5.97 Å². The lowest BCUT2D eigenvalue weighted by Crippen LogP contribution is -2.04. The summed E-state index contributed by atoms with van der Waals surface area (Å²) >= 11 is 1.84. The van der Waals surface area contributed by atoms with Crippen molar-refractivity contribution in [2.45, 2.75) is 18.2 Å². The van der Waals surface area contributed by atoms with Gasteiger partial charge in [-0.2, -0.15) is 0 Å². The van der Waals surface area contributed by atoms with Gasteiger partial charge in [-0.1, -0.05) is 30.3 Å². The summed E-state index contributed by atoms with van der Waals surface area (Å²) in [5.41, 5.74) is 1.85. The summed E-state index contributed by atoms with van der Waals surface area (Å²) in [4.78, 5) is 12.8. The minimum Gasteiger partial charge on any atom is -0.462 e. The molecule has 0 saturated carbocycles. The standard InChI is InChI=1S/C17H18O2S/c1-2-19-17(18)15-10-8-14(9-11-15)12-13-20-16-6-4-3-5-7-16/h3-11H,2,12-13H2,1H3. The zero-order valence-electron chi connectivity index (χ0n) is 11.5. The highest BCUT2D eigenvalue weighted by Gasteiger charge is 2.05. The zero-order chi connectivity index (χ0) is 14.2. The summed E-state index contributed by atoms with van der Waals surface area (Å²) < 4.78 is 4.96. The van der Waals surface area contributed by atoms with Crippen LogP contribution in [0.5, 0.6) is 0 Å². The summed E-state index contributed by atoms with van der Waals surface area (Å²) in [6.07, 6.45) is 0.989. The second-order valence-corrected chi connectivity index (χ2v) is 5.50. The van der Waals surface area contributed by atoms with Crippen molar-refractivity contribution in [1.29, 1.82) is 0 Å². The molecule has 2 aromatic rings. The fourth-order valence-electron chi connectivity index (χ4n) is 1.83. The minimum absolute atomic E-state index is 0.252. The molecule has 0 spiro atoms. The van der Waals surface area contributed by atoms with Gasteiger partial charge in [0.05, 0.1) is 12.2 Å². The number of hydrogen-bond donors (Lipinski definition) is 0. The summed E-state index contributed by atoms with van der Waals surface area (Å²) in [5.74, 6) is 0.778. The Morgan fingerprint density at radius 2 is 1.75 bits per heavy atom. The molecule has 0 aromatic heterocycles. The molecule has 0 atom stereocenters. The molecule has 0 aliphatic heterocycles. The number of rotatable bonds is 6. The Hall–Kier alpha value is -1.74. The maximum absolute atomic E-state index is 11.5. The minimum atomic E-state index is -0.252. The van der Waals surface area contributed by atoms with E-state index in [1.54, 1.807) is 0 Å². The summed E-state index contributed by atoms with van der Waals surface area (Å²) in [6, 6.07) is 18.0. The Kier molecular flexibility index (Phi) is 5.69. The van der Waals surface area contributed by atoms with Gasteiger partial charge in [-0.25, -0.2) is 4.79 Å². The third kappa shape index (κ3) is 4.42. The second-order valence-electron chi connectivity index (χ2n) is 4.33. The predicted octanol–water partition coefficient (Wildman–Crippen LogP) is 4.20. The molecule has 0 heterocycles. The van der Waals surface area contributed by atoms with Crippen molar-refractivity contribution in [1.82, 2.24) is 0 Å². The van der Waals surface area contributed by atoms with Crippen LogP contribution >= 0.6 is 11.8 Å². The van der Waals surface area contributed by atoms with Gasteiger partial charge in [0, 0.05) is 10.6 Å². The number of thioether (sulfide) groups is 1. The first-order valence-corrected chi connectivity index (χ1v) is 7.72. The van der Waals surface area contributed by atoms with Crippen molar-refractivity contribution in [3.63, 3.8) is 0 Å². The molecule has 20 heavy (non-hydrogen) atoms. The van der Waals surface area contributed by atoms with Gasteiger partial charge < -0.3 is 4.74 Å². The number of carbonyl (C=O) groups excluding carboxylic acids is 1. The number of benzene rings is 2. The Bertz CT molecular complexity index is 535. The average molecular weight is 286 g/mol. The lowest BCUT2D eigenvalue weighted by molar-refractivity contribution is 0.0526. The van der Waals surface area contributed by atoms with Crippen LogP contribution in [0.25, 0.3) is 0 Å². The molecule has 0 aliphatic rings. The third-order valence-electron chi connectivity index (χ3n) is 2.87. The average Bonchev–Trinajstić information content (AvgIpc) is 2.49. The van der Waals surface area contributed by atoms with Gasteiger partial charge in [-0.05, 0) is 43.2 Å². The molecular formula is C17H18O2S. The first kappa shape index (κ1) is 14.7. The van der Waals surface area contributed by atoms with E-state index in [9.17, 15) is 4.79 Å². The van der Waals surface area contributed by atoms with E-state index in [4.69, 9.17) is 4.74 Å². The molecule has 0 aliphatic carbocycles. The first-order chi connectivity index (χ1) is 9.79. The highest BCUT2D eigenvalue weighted by Crippen LogP contribution is 2.18. The van der Waals surface area contributed by atoms with Crippen LogP contribution < -0.4 is 0 Å². The smallest absolute Gasteiger partial charge is 0.338 e. The van der Waals surface area contributed by atoms with E-state index < -0.39 is 0 Å². The Labute approximate surface area is 124 Å². The van der Waals surface area contributed by atoms with Gasteiger partial charge in [0.1, 0.15) is 0 Å². The first-order valence-electron chi connectivity index (χ1n) is 6.73. The van der Waals surface area contributed by atoms with Crippen molar-refractivity contribution >= 4 is 17.7 Å². The topological polar surface area (TPSA) is 26.3 Å². The molecule has 0 radical (unpaired) electrons. The summed E-state index contributed by atoms with van der Waals surface area (Å²) in [5, 5.41) is 0. The summed E-state index contributed by atoms with van der Waals surface area (Å²) in [7, 11) is 0. The molecular weight excluding hydrogens is 268 g/mol. The molecule has 0 bridgehead atoms.